The molecule has 0 aliphatic heterocycles. The number of likely N-dealkylation sites (N-methyl/N-ethyl adjacent to an activating group) is 1. The lowest BCUT2D eigenvalue weighted by Crippen LogP contribution is -2.43. The quantitative estimate of drug-likeness (QED) is 0.816. The van der Waals surface area contributed by atoms with E-state index in [9.17, 15) is 14.4 Å². The topological polar surface area (TPSA) is 90.3 Å². The maximum absolute atomic E-state index is 12.7. The van der Waals surface area contributed by atoms with Gasteiger partial charge in [-0.3, -0.25) is 23.6 Å². The van der Waals surface area contributed by atoms with Crippen molar-refractivity contribution in [2.24, 2.45) is 14.1 Å². The van der Waals surface area contributed by atoms with Crippen LogP contribution in [-0.4, -0.2) is 33.4 Å². The van der Waals surface area contributed by atoms with Crippen molar-refractivity contribution in [1.82, 2.24) is 14.0 Å². The number of ketones is 1. The average molecular weight is 342 g/mol. The molecule has 0 radical (unpaired) electrons. The minimum atomic E-state index is -0.647. The first-order valence-electron chi connectivity index (χ1n) is 8.19. The Bertz CT molecular complexity index is 958. The van der Waals surface area contributed by atoms with Crippen molar-refractivity contribution in [1.29, 1.82) is 0 Å². The first kappa shape index (κ1) is 17.2. The van der Waals surface area contributed by atoms with Crippen molar-refractivity contribution in [3.05, 3.63) is 61.8 Å². The van der Waals surface area contributed by atoms with Gasteiger partial charge in [-0.25, -0.2) is 4.79 Å². The minimum Gasteiger partial charge on any atom is -0.384 e. The standard InChI is InChI=1S/C18H22N4O3/c1-20(13-9-8-11-6-4-5-7-12(11)13)10-14(23)15-16(19)21(2)18(25)22(3)17(15)24/h4-7,13H,8-10,19H2,1-3H3. The zero-order valence-electron chi connectivity index (χ0n) is 14.7. The predicted octanol–water partition coefficient (Wildman–Crippen LogP) is 0.468. The Morgan fingerprint density at radius 2 is 1.92 bits per heavy atom. The molecule has 25 heavy (non-hydrogen) atoms. The average Bonchev–Trinajstić information content (AvgIpc) is 3.02. The van der Waals surface area contributed by atoms with E-state index in [0.29, 0.717) is 0 Å². The fourth-order valence-corrected chi connectivity index (χ4v) is 3.53. The van der Waals surface area contributed by atoms with E-state index in [2.05, 4.69) is 12.1 Å². The number of nitrogens with two attached hydrogens (primary N) is 1. The second kappa shape index (κ2) is 6.33. The maximum Gasteiger partial charge on any atom is 0.332 e. The van der Waals surface area contributed by atoms with Crippen LogP contribution in [0, 0.1) is 0 Å². The lowest BCUT2D eigenvalue weighted by atomic mass is 10.1. The van der Waals surface area contributed by atoms with Crippen molar-refractivity contribution in [2.45, 2.75) is 18.9 Å². The number of Topliss-reactive ketones (excluding diaryl/α,β-unsaturated/α-hetero) is 1. The van der Waals surface area contributed by atoms with Gasteiger partial charge in [0.25, 0.3) is 5.56 Å². The van der Waals surface area contributed by atoms with E-state index in [-0.39, 0.29) is 29.8 Å². The molecule has 1 unspecified atom stereocenters. The van der Waals surface area contributed by atoms with Crippen molar-refractivity contribution in [2.75, 3.05) is 19.3 Å². The van der Waals surface area contributed by atoms with Gasteiger partial charge in [0.05, 0.1) is 6.54 Å². The molecule has 1 aliphatic carbocycles. The third-order valence-corrected chi connectivity index (χ3v) is 5.01. The summed E-state index contributed by atoms with van der Waals surface area (Å²) in [5, 5.41) is 0. The highest BCUT2D eigenvalue weighted by Gasteiger charge is 2.28. The van der Waals surface area contributed by atoms with E-state index in [4.69, 9.17) is 5.73 Å². The van der Waals surface area contributed by atoms with Gasteiger partial charge in [0.15, 0.2) is 5.78 Å². The van der Waals surface area contributed by atoms with Crippen molar-refractivity contribution < 1.29 is 4.79 Å². The summed E-state index contributed by atoms with van der Waals surface area (Å²) in [7, 11) is 4.66. The van der Waals surface area contributed by atoms with E-state index < -0.39 is 11.2 Å². The van der Waals surface area contributed by atoms with E-state index in [1.807, 2.05) is 24.1 Å². The molecule has 0 bridgehead atoms. The summed E-state index contributed by atoms with van der Waals surface area (Å²) in [4.78, 5) is 38.9. The third-order valence-electron chi connectivity index (χ3n) is 5.01. The number of rotatable bonds is 4. The molecule has 0 fully saturated rings. The zero-order valence-corrected chi connectivity index (χ0v) is 14.7. The summed E-state index contributed by atoms with van der Waals surface area (Å²) >= 11 is 0. The Balaban J connectivity index is 1.89. The summed E-state index contributed by atoms with van der Waals surface area (Å²) in [5.41, 5.74) is 7.07. The molecule has 0 saturated heterocycles. The molecule has 2 aromatic rings. The molecule has 7 heteroatoms. The van der Waals surface area contributed by atoms with Gasteiger partial charge in [-0.05, 0) is 31.0 Å². The Labute approximate surface area is 145 Å². The van der Waals surface area contributed by atoms with Crippen molar-refractivity contribution >= 4 is 11.6 Å². The first-order valence-corrected chi connectivity index (χ1v) is 8.19. The third kappa shape index (κ3) is 2.80. The molecule has 3 rings (SSSR count). The maximum atomic E-state index is 12.7. The van der Waals surface area contributed by atoms with Crippen LogP contribution in [0.25, 0.3) is 0 Å². The van der Waals surface area contributed by atoms with Crippen LogP contribution in [-0.2, 0) is 20.5 Å². The molecule has 1 aliphatic rings. The minimum absolute atomic E-state index is 0.0661. The zero-order chi connectivity index (χ0) is 18.3. The molecular formula is C18H22N4O3. The van der Waals surface area contributed by atoms with Crippen molar-refractivity contribution in [3.63, 3.8) is 0 Å². The highest BCUT2D eigenvalue weighted by molar-refractivity contribution is 6.01. The van der Waals surface area contributed by atoms with Gasteiger partial charge in [-0.2, -0.15) is 0 Å². The molecule has 7 nitrogen and oxygen atoms in total. The van der Waals surface area contributed by atoms with Crippen LogP contribution in [0.3, 0.4) is 0 Å². The second-order valence-electron chi connectivity index (χ2n) is 6.56. The lowest BCUT2D eigenvalue weighted by molar-refractivity contribution is 0.0917. The smallest absolute Gasteiger partial charge is 0.332 e. The highest BCUT2D eigenvalue weighted by Crippen LogP contribution is 2.34. The van der Waals surface area contributed by atoms with Crippen LogP contribution in [0.1, 0.15) is 33.9 Å². The van der Waals surface area contributed by atoms with E-state index in [1.54, 1.807) is 0 Å². The van der Waals surface area contributed by atoms with Crippen LogP contribution in [0.4, 0.5) is 5.82 Å². The number of hydrogen-bond donors (Lipinski definition) is 1. The summed E-state index contributed by atoms with van der Waals surface area (Å²) in [6, 6.07) is 8.33. The Morgan fingerprint density at radius 3 is 2.64 bits per heavy atom. The van der Waals surface area contributed by atoms with Crippen LogP contribution in [0.2, 0.25) is 0 Å². The molecule has 1 aromatic heterocycles. The molecule has 0 spiro atoms. The van der Waals surface area contributed by atoms with E-state index in [1.165, 1.54) is 25.2 Å². The number of aryl methyl sites for hydroxylation is 1. The van der Waals surface area contributed by atoms with E-state index >= 15 is 0 Å². The van der Waals surface area contributed by atoms with E-state index in [0.717, 1.165) is 22.0 Å². The first-order chi connectivity index (χ1) is 11.8. The second-order valence-corrected chi connectivity index (χ2v) is 6.56. The Morgan fingerprint density at radius 1 is 1.24 bits per heavy atom. The fourth-order valence-electron chi connectivity index (χ4n) is 3.53. The number of aromatic nitrogens is 2. The number of hydrogen-bond acceptors (Lipinski definition) is 5. The van der Waals surface area contributed by atoms with Crippen LogP contribution in [0.15, 0.2) is 33.9 Å². The van der Waals surface area contributed by atoms with Gasteiger partial charge in [0.2, 0.25) is 0 Å². The number of benzene rings is 1. The Kier molecular flexibility index (Phi) is 4.34. The summed E-state index contributed by atoms with van der Waals surface area (Å²) in [6.45, 7) is 0.0661. The van der Waals surface area contributed by atoms with Gasteiger partial charge in [-0.15, -0.1) is 0 Å². The molecule has 1 aromatic carbocycles. The predicted molar refractivity (Wildman–Crippen MR) is 95.8 cm³/mol. The number of carbonyl (C=O) groups excluding carboxylic acids is 1. The highest BCUT2D eigenvalue weighted by atomic mass is 16.2. The SMILES string of the molecule is CN(CC(=O)c1c(N)n(C)c(=O)n(C)c1=O)C1CCc2ccccc21. The van der Waals surface area contributed by atoms with Gasteiger partial charge in [-0.1, -0.05) is 24.3 Å². The normalized spacial score (nSPS) is 16.2. The number of anilines is 1. The molecule has 132 valence electrons. The lowest BCUT2D eigenvalue weighted by Gasteiger charge is -2.24. The number of nitrogen functional groups attached to an aromatic ring is 1. The number of nitrogens with zero attached hydrogens (tertiary/aromatic N) is 3. The molecule has 1 atom stereocenters. The van der Waals surface area contributed by atoms with Crippen LogP contribution >= 0.6 is 0 Å². The molecule has 0 amide bonds. The summed E-state index contributed by atoms with van der Waals surface area (Å²) in [6.07, 6.45) is 1.91. The van der Waals surface area contributed by atoms with Gasteiger partial charge < -0.3 is 5.73 Å². The number of fused-ring (bicyclic) bond motifs is 1. The molecule has 2 N–H and O–H groups in total. The van der Waals surface area contributed by atoms with Crippen molar-refractivity contribution in [3.8, 4) is 0 Å². The van der Waals surface area contributed by atoms with Gasteiger partial charge in [0, 0.05) is 20.1 Å². The fraction of sp³-hybridized carbons (Fsp3) is 0.389. The van der Waals surface area contributed by atoms with Gasteiger partial charge in [0.1, 0.15) is 11.4 Å². The van der Waals surface area contributed by atoms with Crippen LogP contribution in [0.5, 0.6) is 0 Å². The largest absolute Gasteiger partial charge is 0.384 e. The van der Waals surface area contributed by atoms with Crippen LogP contribution < -0.4 is 17.0 Å². The summed E-state index contributed by atoms with van der Waals surface area (Å²) < 4.78 is 2.04. The monoisotopic (exact) mass is 342 g/mol. The summed E-state index contributed by atoms with van der Waals surface area (Å²) in [5.74, 6) is -0.459. The number of carbonyl (C=O) groups is 1. The molecular weight excluding hydrogens is 320 g/mol. The molecule has 1 heterocycles. The molecule has 0 saturated carbocycles. The Hall–Kier alpha value is -2.67. The van der Waals surface area contributed by atoms with Gasteiger partial charge >= 0.3 is 5.69 Å².